The molecule has 2 aromatic rings. The van der Waals surface area contributed by atoms with Crippen LogP contribution in [0.4, 0.5) is 4.39 Å². The van der Waals surface area contributed by atoms with Crippen molar-refractivity contribution in [2.24, 2.45) is 0 Å². The highest BCUT2D eigenvalue weighted by Crippen LogP contribution is 2.24. The molecule has 2 rings (SSSR count). The van der Waals surface area contributed by atoms with E-state index in [1.54, 1.807) is 31.2 Å². The van der Waals surface area contributed by atoms with Crippen LogP contribution in [-0.2, 0) is 10.0 Å². The minimum absolute atomic E-state index is 0.0488. The van der Waals surface area contributed by atoms with Crippen molar-refractivity contribution in [3.63, 3.8) is 0 Å². The average Bonchev–Trinajstić information content (AvgIpc) is 2.53. The molecule has 0 aliphatic carbocycles. The highest BCUT2D eigenvalue weighted by molar-refractivity contribution is 7.89. The number of halogens is 1. The van der Waals surface area contributed by atoms with Gasteiger partial charge in [0.25, 0.3) is 0 Å². The SMILES string of the molecule is COc1ccc(C)cc1S(=O)(=O)NCC#Cc1ccccc1F. The average molecular weight is 333 g/mol. The van der Waals surface area contributed by atoms with Gasteiger partial charge in [0.05, 0.1) is 19.2 Å². The van der Waals surface area contributed by atoms with Crippen LogP contribution in [0.2, 0.25) is 0 Å². The molecule has 0 radical (unpaired) electrons. The summed E-state index contributed by atoms with van der Waals surface area (Å²) < 4.78 is 45.5. The minimum atomic E-state index is -3.76. The Balaban J connectivity index is 2.15. The van der Waals surface area contributed by atoms with Gasteiger partial charge in [0, 0.05) is 0 Å². The van der Waals surface area contributed by atoms with Crippen LogP contribution < -0.4 is 9.46 Å². The Bertz CT molecular complexity index is 867. The van der Waals surface area contributed by atoms with Crippen LogP contribution in [0.3, 0.4) is 0 Å². The van der Waals surface area contributed by atoms with Gasteiger partial charge < -0.3 is 4.74 Å². The number of aryl methyl sites for hydroxylation is 1. The zero-order chi connectivity index (χ0) is 16.9. The topological polar surface area (TPSA) is 55.4 Å². The van der Waals surface area contributed by atoms with Crippen LogP contribution >= 0.6 is 0 Å². The van der Waals surface area contributed by atoms with Gasteiger partial charge in [-0.2, -0.15) is 4.72 Å². The fraction of sp³-hybridized carbons (Fsp3) is 0.176. The van der Waals surface area contributed by atoms with Crippen LogP contribution in [0.5, 0.6) is 5.75 Å². The third kappa shape index (κ3) is 4.31. The fourth-order valence-electron chi connectivity index (χ4n) is 1.90. The van der Waals surface area contributed by atoms with Crippen LogP contribution in [-0.4, -0.2) is 22.1 Å². The molecule has 0 saturated heterocycles. The first-order valence-electron chi connectivity index (χ1n) is 6.82. The molecule has 0 saturated carbocycles. The van der Waals surface area contributed by atoms with E-state index in [0.29, 0.717) is 0 Å². The Morgan fingerprint density at radius 3 is 2.65 bits per heavy atom. The van der Waals surface area contributed by atoms with Gasteiger partial charge in [0.1, 0.15) is 16.5 Å². The highest BCUT2D eigenvalue weighted by atomic mass is 32.2. The van der Waals surface area contributed by atoms with Gasteiger partial charge in [-0.3, -0.25) is 0 Å². The fourth-order valence-corrected chi connectivity index (χ4v) is 3.08. The Morgan fingerprint density at radius 2 is 1.96 bits per heavy atom. The van der Waals surface area contributed by atoms with E-state index < -0.39 is 15.8 Å². The first-order chi connectivity index (χ1) is 10.9. The third-order valence-electron chi connectivity index (χ3n) is 3.06. The number of methoxy groups -OCH3 is 1. The Hall–Kier alpha value is -2.36. The summed E-state index contributed by atoms with van der Waals surface area (Å²) in [5.41, 5.74) is 1.02. The lowest BCUT2D eigenvalue weighted by atomic mass is 10.2. The quantitative estimate of drug-likeness (QED) is 0.875. The Morgan fingerprint density at radius 1 is 1.22 bits per heavy atom. The molecule has 0 fully saturated rings. The second-order valence-corrected chi connectivity index (χ2v) is 6.50. The number of ether oxygens (including phenoxy) is 1. The predicted octanol–water partition coefficient (Wildman–Crippen LogP) is 2.47. The molecule has 2 aromatic carbocycles. The second kappa shape index (κ2) is 7.27. The van der Waals surface area contributed by atoms with Gasteiger partial charge in [-0.05, 0) is 36.8 Å². The maximum Gasteiger partial charge on any atom is 0.245 e. The van der Waals surface area contributed by atoms with Crippen molar-refractivity contribution < 1.29 is 17.5 Å². The van der Waals surface area contributed by atoms with Gasteiger partial charge in [-0.1, -0.05) is 30.0 Å². The highest BCUT2D eigenvalue weighted by Gasteiger charge is 2.18. The zero-order valence-electron chi connectivity index (χ0n) is 12.8. The number of benzene rings is 2. The lowest BCUT2D eigenvalue weighted by Gasteiger charge is -2.10. The van der Waals surface area contributed by atoms with E-state index in [0.717, 1.165) is 5.56 Å². The number of hydrogen-bond donors (Lipinski definition) is 1. The number of nitrogens with one attached hydrogen (secondary N) is 1. The number of sulfonamides is 1. The monoisotopic (exact) mass is 333 g/mol. The molecule has 23 heavy (non-hydrogen) atoms. The summed E-state index contributed by atoms with van der Waals surface area (Å²) in [5.74, 6) is 5.01. The molecule has 0 bridgehead atoms. The van der Waals surface area contributed by atoms with E-state index in [1.807, 2.05) is 0 Å². The summed E-state index contributed by atoms with van der Waals surface area (Å²) >= 11 is 0. The van der Waals surface area contributed by atoms with Gasteiger partial charge in [-0.15, -0.1) is 0 Å². The molecule has 0 spiro atoms. The lowest BCUT2D eigenvalue weighted by Crippen LogP contribution is -2.24. The summed E-state index contributed by atoms with van der Waals surface area (Å²) in [6.45, 7) is 1.66. The molecule has 0 aliphatic heterocycles. The summed E-state index contributed by atoms with van der Waals surface area (Å²) in [6.07, 6.45) is 0. The maximum absolute atomic E-state index is 13.4. The van der Waals surface area contributed by atoms with Crippen LogP contribution in [0.15, 0.2) is 47.4 Å². The summed E-state index contributed by atoms with van der Waals surface area (Å²) in [4.78, 5) is 0.0488. The van der Waals surface area contributed by atoms with E-state index in [1.165, 1.54) is 25.3 Å². The standard InChI is InChI=1S/C17H16FNO3S/c1-13-9-10-16(22-2)17(12-13)23(20,21)19-11-5-7-14-6-3-4-8-15(14)18/h3-4,6,8-10,12,19H,11H2,1-2H3. The van der Waals surface area contributed by atoms with Crippen LogP contribution in [0.1, 0.15) is 11.1 Å². The Labute approximate surface area is 135 Å². The molecule has 0 aromatic heterocycles. The largest absolute Gasteiger partial charge is 0.495 e. The van der Waals surface area contributed by atoms with E-state index in [9.17, 15) is 12.8 Å². The Kier molecular flexibility index (Phi) is 5.37. The van der Waals surface area contributed by atoms with Crippen molar-refractivity contribution in [2.45, 2.75) is 11.8 Å². The summed E-state index contributed by atoms with van der Waals surface area (Å²) in [5, 5.41) is 0. The molecule has 6 heteroatoms. The van der Waals surface area contributed by atoms with Crippen molar-refractivity contribution in [3.8, 4) is 17.6 Å². The first-order valence-corrected chi connectivity index (χ1v) is 8.30. The first kappa shape index (κ1) is 17.0. The molecular weight excluding hydrogens is 317 g/mol. The zero-order valence-corrected chi connectivity index (χ0v) is 13.6. The molecule has 120 valence electrons. The predicted molar refractivity (Wildman–Crippen MR) is 86.2 cm³/mol. The molecule has 0 heterocycles. The van der Waals surface area contributed by atoms with Crippen molar-refractivity contribution in [1.82, 2.24) is 4.72 Å². The van der Waals surface area contributed by atoms with Crippen LogP contribution in [0.25, 0.3) is 0 Å². The van der Waals surface area contributed by atoms with Gasteiger partial charge in [0.2, 0.25) is 10.0 Å². The van der Waals surface area contributed by atoms with E-state index >= 15 is 0 Å². The molecule has 4 nitrogen and oxygen atoms in total. The number of rotatable bonds is 4. The maximum atomic E-state index is 13.4. The van der Waals surface area contributed by atoms with Crippen molar-refractivity contribution >= 4 is 10.0 Å². The van der Waals surface area contributed by atoms with E-state index in [-0.39, 0.29) is 22.8 Å². The van der Waals surface area contributed by atoms with Gasteiger partial charge >= 0.3 is 0 Å². The minimum Gasteiger partial charge on any atom is -0.495 e. The lowest BCUT2D eigenvalue weighted by molar-refractivity contribution is 0.402. The molecule has 0 aliphatic rings. The molecule has 0 atom stereocenters. The van der Waals surface area contributed by atoms with Gasteiger partial charge in [-0.25, -0.2) is 12.8 Å². The molecule has 1 N–H and O–H groups in total. The van der Waals surface area contributed by atoms with Gasteiger partial charge in [0.15, 0.2) is 0 Å². The van der Waals surface area contributed by atoms with Crippen molar-refractivity contribution in [3.05, 3.63) is 59.4 Å². The summed E-state index contributed by atoms with van der Waals surface area (Å²) in [7, 11) is -2.36. The third-order valence-corrected chi connectivity index (χ3v) is 4.48. The van der Waals surface area contributed by atoms with E-state index in [4.69, 9.17) is 4.74 Å². The smallest absolute Gasteiger partial charge is 0.245 e. The van der Waals surface area contributed by atoms with Crippen LogP contribution in [0, 0.1) is 24.6 Å². The van der Waals surface area contributed by atoms with Crippen molar-refractivity contribution in [2.75, 3.05) is 13.7 Å². The number of hydrogen-bond acceptors (Lipinski definition) is 3. The normalized spacial score (nSPS) is 10.7. The van der Waals surface area contributed by atoms with Crippen molar-refractivity contribution in [1.29, 1.82) is 0 Å². The molecular formula is C17H16FNO3S. The summed E-state index contributed by atoms with van der Waals surface area (Å²) in [6, 6.07) is 10.9. The molecule has 0 amide bonds. The van der Waals surface area contributed by atoms with E-state index in [2.05, 4.69) is 16.6 Å². The second-order valence-electron chi connectivity index (χ2n) is 4.76. The molecule has 0 unspecified atom stereocenters.